The van der Waals surface area contributed by atoms with Gasteiger partial charge in [-0.15, -0.1) is 11.3 Å². The van der Waals surface area contributed by atoms with Gasteiger partial charge in [-0.05, 0) is 18.2 Å². The van der Waals surface area contributed by atoms with E-state index in [1.165, 1.54) is 18.2 Å². The van der Waals surface area contributed by atoms with Gasteiger partial charge in [0.05, 0.1) is 5.56 Å². The quantitative estimate of drug-likeness (QED) is 0.909. The summed E-state index contributed by atoms with van der Waals surface area (Å²) in [7, 11) is 0. The third kappa shape index (κ3) is 3.18. The van der Waals surface area contributed by atoms with E-state index in [-0.39, 0.29) is 21.5 Å². The van der Waals surface area contributed by atoms with Crippen molar-refractivity contribution in [3.8, 4) is 5.75 Å². The monoisotopic (exact) mass is 304 g/mol. The van der Waals surface area contributed by atoms with E-state index in [1.54, 1.807) is 0 Å². The Morgan fingerprint density at radius 1 is 1.47 bits per heavy atom. The minimum Gasteiger partial charge on any atom is -0.507 e. The van der Waals surface area contributed by atoms with E-state index in [2.05, 4.69) is 10.3 Å². The molecule has 100 valence electrons. The highest BCUT2D eigenvalue weighted by molar-refractivity contribution is 7.14. The lowest BCUT2D eigenvalue weighted by atomic mass is 10.2. The maximum atomic E-state index is 12.3. The van der Waals surface area contributed by atoms with Crippen LogP contribution in [0.1, 0.15) is 22.5 Å². The molecule has 19 heavy (non-hydrogen) atoms. The van der Waals surface area contributed by atoms with Crippen LogP contribution in [0.4, 0.5) is 13.9 Å². The zero-order valence-electron chi connectivity index (χ0n) is 9.23. The first-order valence-electron chi connectivity index (χ1n) is 5.01. The Kier molecular flexibility index (Phi) is 3.96. The summed E-state index contributed by atoms with van der Waals surface area (Å²) in [5.74, 6) is -0.928. The van der Waals surface area contributed by atoms with Gasteiger partial charge in [-0.2, -0.15) is 0 Å². The highest BCUT2D eigenvalue weighted by Gasteiger charge is 2.16. The summed E-state index contributed by atoms with van der Waals surface area (Å²) < 4.78 is 24.7. The number of anilines is 1. The minimum atomic E-state index is -2.69. The lowest BCUT2D eigenvalue weighted by Gasteiger charge is -2.04. The van der Waals surface area contributed by atoms with Crippen LogP contribution in [0.5, 0.6) is 5.75 Å². The van der Waals surface area contributed by atoms with Crippen molar-refractivity contribution in [1.82, 2.24) is 4.98 Å². The average Bonchev–Trinajstić information content (AvgIpc) is 2.80. The number of aromatic nitrogens is 1. The Bertz CT molecular complexity index is 618. The molecule has 0 fully saturated rings. The predicted molar refractivity (Wildman–Crippen MR) is 68.1 cm³/mol. The number of aromatic hydroxyl groups is 1. The Balaban J connectivity index is 2.18. The normalized spacial score (nSPS) is 10.7. The number of nitrogens with zero attached hydrogens (tertiary/aromatic N) is 1. The van der Waals surface area contributed by atoms with E-state index in [0.29, 0.717) is 0 Å². The fraction of sp³-hybridized carbons (Fsp3) is 0.0909. The summed E-state index contributed by atoms with van der Waals surface area (Å²) in [6, 6.07) is 3.96. The first kappa shape index (κ1) is 13.7. The molecule has 0 radical (unpaired) electrons. The molecule has 0 saturated carbocycles. The van der Waals surface area contributed by atoms with Gasteiger partial charge < -0.3 is 5.11 Å². The minimum absolute atomic E-state index is 0.0275. The van der Waals surface area contributed by atoms with Gasteiger partial charge in [0.2, 0.25) is 0 Å². The lowest BCUT2D eigenvalue weighted by Crippen LogP contribution is -2.12. The summed E-state index contributed by atoms with van der Waals surface area (Å²) >= 11 is 6.58. The largest absolute Gasteiger partial charge is 0.507 e. The number of rotatable bonds is 3. The molecule has 8 heteroatoms. The maximum absolute atomic E-state index is 12.3. The van der Waals surface area contributed by atoms with Crippen LogP contribution in [-0.2, 0) is 0 Å². The van der Waals surface area contributed by atoms with Gasteiger partial charge in [0, 0.05) is 10.4 Å². The predicted octanol–water partition coefficient (Wildman–Crippen LogP) is 3.69. The van der Waals surface area contributed by atoms with Crippen LogP contribution in [0.15, 0.2) is 23.6 Å². The van der Waals surface area contributed by atoms with Crippen LogP contribution in [0.3, 0.4) is 0 Å². The third-order valence-corrected chi connectivity index (χ3v) is 3.18. The molecular formula is C11H7ClF2N2O2S. The van der Waals surface area contributed by atoms with Crippen LogP contribution < -0.4 is 5.32 Å². The summed E-state index contributed by atoms with van der Waals surface area (Å²) in [6.45, 7) is 0. The van der Waals surface area contributed by atoms with E-state index in [1.807, 2.05) is 0 Å². The SMILES string of the molecule is O=C(Nc1nc(C(F)F)cs1)c1cc(Cl)ccc1O. The fourth-order valence-electron chi connectivity index (χ4n) is 1.30. The Morgan fingerprint density at radius 2 is 2.21 bits per heavy atom. The van der Waals surface area contributed by atoms with Crippen molar-refractivity contribution in [3.63, 3.8) is 0 Å². The highest BCUT2D eigenvalue weighted by Crippen LogP contribution is 2.26. The van der Waals surface area contributed by atoms with E-state index >= 15 is 0 Å². The number of hydrogen-bond donors (Lipinski definition) is 2. The van der Waals surface area contributed by atoms with Crippen LogP contribution in [-0.4, -0.2) is 16.0 Å². The van der Waals surface area contributed by atoms with Crippen molar-refractivity contribution >= 4 is 34.0 Å². The first-order chi connectivity index (χ1) is 8.97. The van der Waals surface area contributed by atoms with Gasteiger partial charge in [0.1, 0.15) is 11.4 Å². The average molecular weight is 305 g/mol. The Labute approximate surface area is 115 Å². The fourth-order valence-corrected chi connectivity index (χ4v) is 2.17. The molecule has 4 nitrogen and oxygen atoms in total. The van der Waals surface area contributed by atoms with Crippen molar-refractivity contribution in [3.05, 3.63) is 39.9 Å². The molecule has 0 unspecified atom stereocenters. The number of halogens is 3. The molecule has 0 saturated heterocycles. The number of hydrogen-bond acceptors (Lipinski definition) is 4. The number of benzene rings is 1. The molecule has 1 amide bonds. The number of nitrogens with one attached hydrogen (secondary N) is 1. The van der Waals surface area contributed by atoms with E-state index in [4.69, 9.17) is 11.6 Å². The van der Waals surface area contributed by atoms with Gasteiger partial charge in [-0.3, -0.25) is 10.1 Å². The molecule has 0 aliphatic carbocycles. The van der Waals surface area contributed by atoms with Crippen LogP contribution >= 0.6 is 22.9 Å². The second-order valence-corrected chi connectivity index (χ2v) is 4.79. The standard InChI is InChI=1S/C11H7ClF2N2O2S/c12-5-1-2-8(17)6(3-5)10(18)16-11-15-7(4-19-11)9(13)14/h1-4,9,17H,(H,15,16,18). The summed E-state index contributed by atoms with van der Waals surface area (Å²) in [5, 5.41) is 13.3. The molecule has 0 aliphatic rings. The zero-order valence-corrected chi connectivity index (χ0v) is 10.8. The summed E-state index contributed by atoms with van der Waals surface area (Å²) in [4.78, 5) is 15.4. The number of carbonyl (C=O) groups is 1. The maximum Gasteiger partial charge on any atom is 0.281 e. The van der Waals surface area contributed by atoms with Crippen LogP contribution in [0.2, 0.25) is 5.02 Å². The molecule has 0 aliphatic heterocycles. The van der Waals surface area contributed by atoms with Crippen molar-refractivity contribution in [2.75, 3.05) is 5.32 Å². The first-order valence-corrected chi connectivity index (χ1v) is 6.26. The topological polar surface area (TPSA) is 62.2 Å². The molecule has 2 rings (SSSR count). The number of phenols is 1. The summed E-state index contributed by atoms with van der Waals surface area (Å²) in [5.41, 5.74) is -0.461. The summed E-state index contributed by atoms with van der Waals surface area (Å²) in [6.07, 6.45) is -2.69. The molecule has 0 atom stereocenters. The highest BCUT2D eigenvalue weighted by atomic mass is 35.5. The smallest absolute Gasteiger partial charge is 0.281 e. The van der Waals surface area contributed by atoms with Crippen molar-refractivity contribution < 1.29 is 18.7 Å². The molecule has 0 bridgehead atoms. The van der Waals surface area contributed by atoms with Gasteiger partial charge >= 0.3 is 0 Å². The molecule has 2 aromatic rings. The third-order valence-electron chi connectivity index (χ3n) is 2.17. The van der Waals surface area contributed by atoms with Crippen LogP contribution in [0, 0.1) is 0 Å². The lowest BCUT2D eigenvalue weighted by molar-refractivity contribution is 0.102. The molecule has 1 aromatic heterocycles. The number of phenolic OH excluding ortho intramolecular Hbond substituents is 1. The Morgan fingerprint density at radius 3 is 2.84 bits per heavy atom. The van der Waals surface area contributed by atoms with Crippen molar-refractivity contribution in [2.45, 2.75) is 6.43 Å². The molecule has 0 spiro atoms. The number of alkyl halides is 2. The number of amides is 1. The number of carbonyl (C=O) groups excluding carboxylic acids is 1. The second-order valence-electron chi connectivity index (χ2n) is 3.49. The second kappa shape index (κ2) is 5.50. The van der Waals surface area contributed by atoms with Gasteiger partial charge in [0.15, 0.2) is 5.13 Å². The van der Waals surface area contributed by atoms with Gasteiger partial charge in [0.25, 0.3) is 12.3 Å². The molecular weight excluding hydrogens is 298 g/mol. The van der Waals surface area contributed by atoms with E-state index in [0.717, 1.165) is 16.7 Å². The van der Waals surface area contributed by atoms with E-state index in [9.17, 15) is 18.7 Å². The van der Waals surface area contributed by atoms with Crippen molar-refractivity contribution in [2.24, 2.45) is 0 Å². The van der Waals surface area contributed by atoms with Gasteiger partial charge in [-0.25, -0.2) is 13.8 Å². The van der Waals surface area contributed by atoms with Crippen molar-refractivity contribution in [1.29, 1.82) is 0 Å². The molecule has 2 N–H and O–H groups in total. The van der Waals surface area contributed by atoms with Crippen LogP contribution in [0.25, 0.3) is 0 Å². The molecule has 1 heterocycles. The van der Waals surface area contributed by atoms with E-state index < -0.39 is 18.0 Å². The Hall–Kier alpha value is -1.73. The number of thiazole rings is 1. The zero-order chi connectivity index (χ0) is 14.0. The molecule has 1 aromatic carbocycles. The van der Waals surface area contributed by atoms with Gasteiger partial charge in [-0.1, -0.05) is 11.6 Å².